The Labute approximate surface area is 81.3 Å². The molecule has 13 heavy (non-hydrogen) atoms. The van der Waals surface area contributed by atoms with Gasteiger partial charge in [-0.15, -0.1) is 0 Å². The molecule has 0 aliphatic rings. The van der Waals surface area contributed by atoms with Crippen LogP contribution in [0.3, 0.4) is 0 Å². The molecule has 1 rings (SSSR count). The Hall–Kier alpha value is -1.04. The average Bonchev–Trinajstić information content (AvgIpc) is 2.17. The zero-order chi connectivity index (χ0) is 9.68. The summed E-state index contributed by atoms with van der Waals surface area (Å²) < 4.78 is 0. The van der Waals surface area contributed by atoms with Crippen LogP contribution in [0.1, 0.15) is 36.5 Å². The molecule has 0 fully saturated rings. The molecule has 1 aromatic rings. The van der Waals surface area contributed by atoms with Crippen LogP contribution >= 0.6 is 0 Å². The normalized spacial score (nSPS) is 10.0. The molecule has 1 aromatic carbocycles. The Morgan fingerprint density at radius 2 is 2.15 bits per heavy atom. The van der Waals surface area contributed by atoms with E-state index in [-0.39, 0.29) is 0 Å². The number of unbranched alkanes of at least 4 members (excludes halogenated alkanes) is 1. The van der Waals surface area contributed by atoms with Crippen molar-refractivity contribution >= 4 is 6.08 Å². The summed E-state index contributed by atoms with van der Waals surface area (Å²) in [5.41, 5.74) is 4.11. The molecule has 0 heterocycles. The predicted octanol–water partition coefficient (Wildman–Crippen LogP) is 3.98. The van der Waals surface area contributed by atoms with Crippen LogP contribution in [0.4, 0.5) is 0 Å². The van der Waals surface area contributed by atoms with Gasteiger partial charge in [-0.25, -0.2) is 0 Å². The van der Waals surface area contributed by atoms with E-state index in [2.05, 4.69) is 38.6 Å². The lowest BCUT2D eigenvalue weighted by Crippen LogP contribution is -1.90. The zero-order valence-electron chi connectivity index (χ0n) is 8.64. The largest absolute Gasteiger partial charge is 0.0985 e. The van der Waals surface area contributed by atoms with E-state index in [0.29, 0.717) is 0 Å². The molecular formula is C13H18. The van der Waals surface area contributed by atoms with Crippen molar-refractivity contribution in [3.05, 3.63) is 41.5 Å². The van der Waals surface area contributed by atoms with Gasteiger partial charge in [-0.1, -0.05) is 44.2 Å². The van der Waals surface area contributed by atoms with Gasteiger partial charge in [0.05, 0.1) is 0 Å². The molecule has 0 radical (unpaired) electrons. The van der Waals surface area contributed by atoms with E-state index in [1.807, 2.05) is 6.08 Å². The van der Waals surface area contributed by atoms with Crippen LogP contribution in [0.5, 0.6) is 0 Å². The highest BCUT2D eigenvalue weighted by atomic mass is 14.0. The van der Waals surface area contributed by atoms with Crippen molar-refractivity contribution in [1.82, 2.24) is 0 Å². The van der Waals surface area contributed by atoms with Gasteiger partial charge in [0.2, 0.25) is 0 Å². The van der Waals surface area contributed by atoms with Crippen LogP contribution < -0.4 is 0 Å². The summed E-state index contributed by atoms with van der Waals surface area (Å²) in [6.07, 6.45) is 5.65. The minimum absolute atomic E-state index is 1.20. The van der Waals surface area contributed by atoms with E-state index in [9.17, 15) is 0 Å². The number of hydrogen-bond donors (Lipinski definition) is 0. The highest BCUT2D eigenvalue weighted by molar-refractivity contribution is 5.49. The standard InChI is InChI=1S/C13H18/c1-4-6-7-13-10-12(5-2)9-8-11(13)3/h5,8-10H,2,4,6-7H2,1,3H3. The molecule has 0 heteroatoms. The number of benzene rings is 1. The molecule has 0 aromatic heterocycles. The van der Waals surface area contributed by atoms with E-state index in [1.54, 1.807) is 0 Å². The minimum Gasteiger partial charge on any atom is -0.0985 e. The third-order valence-electron chi connectivity index (χ3n) is 2.41. The monoisotopic (exact) mass is 174 g/mol. The van der Waals surface area contributed by atoms with Crippen molar-refractivity contribution in [3.63, 3.8) is 0 Å². The van der Waals surface area contributed by atoms with Gasteiger partial charge >= 0.3 is 0 Å². The molecule has 0 N–H and O–H groups in total. The van der Waals surface area contributed by atoms with Crippen molar-refractivity contribution in [3.8, 4) is 0 Å². The minimum atomic E-state index is 1.20. The third-order valence-corrected chi connectivity index (χ3v) is 2.41. The summed E-state index contributed by atoms with van der Waals surface area (Å²) in [7, 11) is 0. The maximum absolute atomic E-state index is 3.78. The topological polar surface area (TPSA) is 0 Å². The van der Waals surface area contributed by atoms with Crippen LogP contribution in [0, 0.1) is 6.92 Å². The van der Waals surface area contributed by atoms with Gasteiger partial charge in [0.15, 0.2) is 0 Å². The first kappa shape index (κ1) is 10.0. The SMILES string of the molecule is C=Cc1ccc(C)c(CCCC)c1. The molecule has 0 amide bonds. The smallest absolute Gasteiger partial charge is 0.0260 e. The second-order valence-electron chi connectivity index (χ2n) is 3.49. The number of aryl methyl sites for hydroxylation is 2. The molecule has 0 saturated carbocycles. The van der Waals surface area contributed by atoms with E-state index < -0.39 is 0 Å². The summed E-state index contributed by atoms with van der Waals surface area (Å²) >= 11 is 0. The van der Waals surface area contributed by atoms with Gasteiger partial charge in [-0.05, 0) is 36.5 Å². The first-order valence-corrected chi connectivity index (χ1v) is 5.00. The number of hydrogen-bond acceptors (Lipinski definition) is 0. The molecule has 70 valence electrons. The average molecular weight is 174 g/mol. The molecule has 0 spiro atoms. The Bertz CT molecular complexity index is 284. The van der Waals surface area contributed by atoms with Gasteiger partial charge < -0.3 is 0 Å². The van der Waals surface area contributed by atoms with E-state index in [1.165, 1.54) is 36.0 Å². The lowest BCUT2D eigenvalue weighted by atomic mass is 10.0. The molecule has 0 atom stereocenters. The lowest BCUT2D eigenvalue weighted by Gasteiger charge is -2.05. The van der Waals surface area contributed by atoms with Crippen LogP contribution in [0.15, 0.2) is 24.8 Å². The fourth-order valence-electron chi connectivity index (χ4n) is 1.45. The molecule has 0 nitrogen and oxygen atoms in total. The molecular weight excluding hydrogens is 156 g/mol. The lowest BCUT2D eigenvalue weighted by molar-refractivity contribution is 0.791. The Kier molecular flexibility index (Phi) is 3.75. The fourth-order valence-corrected chi connectivity index (χ4v) is 1.45. The van der Waals surface area contributed by atoms with E-state index >= 15 is 0 Å². The second-order valence-corrected chi connectivity index (χ2v) is 3.49. The summed E-state index contributed by atoms with van der Waals surface area (Å²) in [5.74, 6) is 0. The predicted molar refractivity (Wildman–Crippen MR) is 59.9 cm³/mol. The van der Waals surface area contributed by atoms with Gasteiger partial charge in [0, 0.05) is 0 Å². The molecule has 0 bridgehead atoms. The zero-order valence-corrected chi connectivity index (χ0v) is 8.64. The summed E-state index contributed by atoms with van der Waals surface area (Å²) in [4.78, 5) is 0. The van der Waals surface area contributed by atoms with Crippen LogP contribution in [0.2, 0.25) is 0 Å². The van der Waals surface area contributed by atoms with Gasteiger partial charge in [0.1, 0.15) is 0 Å². The molecule has 0 aliphatic carbocycles. The molecule has 0 unspecified atom stereocenters. The number of rotatable bonds is 4. The molecule has 0 aliphatic heterocycles. The quantitative estimate of drug-likeness (QED) is 0.647. The highest BCUT2D eigenvalue weighted by Crippen LogP contribution is 2.14. The summed E-state index contributed by atoms with van der Waals surface area (Å²) in [5, 5.41) is 0. The van der Waals surface area contributed by atoms with E-state index in [4.69, 9.17) is 0 Å². The Morgan fingerprint density at radius 3 is 2.77 bits per heavy atom. The van der Waals surface area contributed by atoms with Crippen molar-refractivity contribution in [2.75, 3.05) is 0 Å². The summed E-state index contributed by atoms with van der Waals surface area (Å²) in [6.45, 7) is 8.19. The first-order valence-electron chi connectivity index (χ1n) is 5.00. The van der Waals surface area contributed by atoms with Crippen LogP contribution in [-0.2, 0) is 6.42 Å². The maximum atomic E-state index is 3.78. The Morgan fingerprint density at radius 1 is 1.38 bits per heavy atom. The maximum Gasteiger partial charge on any atom is -0.0260 e. The molecule has 0 saturated heterocycles. The highest BCUT2D eigenvalue weighted by Gasteiger charge is 1.97. The van der Waals surface area contributed by atoms with Crippen molar-refractivity contribution in [1.29, 1.82) is 0 Å². The fraction of sp³-hybridized carbons (Fsp3) is 0.385. The summed E-state index contributed by atoms with van der Waals surface area (Å²) in [6, 6.07) is 6.55. The first-order chi connectivity index (χ1) is 6.27. The van der Waals surface area contributed by atoms with Crippen LogP contribution in [0.25, 0.3) is 6.08 Å². The van der Waals surface area contributed by atoms with Crippen LogP contribution in [-0.4, -0.2) is 0 Å². The van der Waals surface area contributed by atoms with Crippen molar-refractivity contribution in [2.24, 2.45) is 0 Å². The van der Waals surface area contributed by atoms with Crippen molar-refractivity contribution < 1.29 is 0 Å². The Balaban J connectivity index is 2.83. The van der Waals surface area contributed by atoms with Crippen molar-refractivity contribution in [2.45, 2.75) is 33.1 Å². The van der Waals surface area contributed by atoms with E-state index in [0.717, 1.165) is 0 Å². The van der Waals surface area contributed by atoms with Gasteiger partial charge in [-0.2, -0.15) is 0 Å². The van der Waals surface area contributed by atoms with Gasteiger partial charge in [0.25, 0.3) is 0 Å². The third kappa shape index (κ3) is 2.73. The second kappa shape index (κ2) is 4.86. The van der Waals surface area contributed by atoms with Gasteiger partial charge in [-0.3, -0.25) is 0 Å².